The van der Waals surface area contributed by atoms with Gasteiger partial charge in [-0.3, -0.25) is 4.68 Å². The second kappa shape index (κ2) is 6.10. The fourth-order valence-electron chi connectivity index (χ4n) is 2.76. The van der Waals surface area contributed by atoms with Crippen LogP contribution in [0.1, 0.15) is 29.9 Å². The van der Waals surface area contributed by atoms with Crippen LogP contribution in [0.25, 0.3) is 0 Å². The van der Waals surface area contributed by atoms with Gasteiger partial charge in [-0.2, -0.15) is 5.10 Å². The molecule has 0 amide bonds. The van der Waals surface area contributed by atoms with Gasteiger partial charge in [-0.25, -0.2) is 0 Å². The molecule has 0 radical (unpaired) electrons. The minimum absolute atomic E-state index is 0.667. The molecule has 1 saturated carbocycles. The summed E-state index contributed by atoms with van der Waals surface area (Å²) in [6, 6.07) is 9.40. The predicted molar refractivity (Wildman–Crippen MR) is 84.9 cm³/mol. The first-order valence-electron chi connectivity index (χ1n) is 7.18. The minimum atomic E-state index is 0.667. The largest absolute Gasteiger partial charge is 0.312 e. The molecule has 1 aliphatic carbocycles. The third kappa shape index (κ3) is 3.30. The number of aromatic nitrogens is 2. The van der Waals surface area contributed by atoms with E-state index in [1.165, 1.54) is 24.0 Å². The third-order valence-electron chi connectivity index (χ3n) is 4.02. The molecule has 3 rings (SSSR count). The predicted octanol–water partition coefficient (Wildman–Crippen LogP) is 3.49. The van der Waals surface area contributed by atoms with E-state index in [1.807, 2.05) is 10.9 Å². The Morgan fingerprint density at radius 3 is 2.70 bits per heavy atom. The molecule has 1 aromatic carbocycles. The average Bonchev–Trinajstić information content (AvgIpc) is 2.80. The first-order chi connectivity index (χ1) is 9.70. The van der Waals surface area contributed by atoms with E-state index < -0.39 is 0 Å². The summed E-state index contributed by atoms with van der Waals surface area (Å²) in [5.41, 5.74) is 2.69. The van der Waals surface area contributed by atoms with Crippen molar-refractivity contribution in [2.45, 2.75) is 38.3 Å². The van der Waals surface area contributed by atoms with Crippen molar-refractivity contribution < 1.29 is 0 Å². The maximum atomic E-state index is 4.30. The zero-order valence-corrected chi connectivity index (χ0v) is 13.3. The summed E-state index contributed by atoms with van der Waals surface area (Å²) in [6.07, 6.45) is 6.50. The van der Waals surface area contributed by atoms with Crippen LogP contribution in [0.15, 0.2) is 41.1 Å². The maximum Gasteiger partial charge on any atom is 0.0534 e. The normalized spacial score (nSPS) is 21.7. The van der Waals surface area contributed by atoms with E-state index in [1.54, 1.807) is 0 Å². The van der Waals surface area contributed by atoms with E-state index >= 15 is 0 Å². The number of nitrogens with zero attached hydrogens (tertiary/aromatic N) is 2. The highest BCUT2D eigenvalue weighted by atomic mass is 79.9. The molecule has 1 N–H and O–H groups in total. The van der Waals surface area contributed by atoms with E-state index in [0.717, 1.165) is 23.5 Å². The molecule has 1 heterocycles. The summed E-state index contributed by atoms with van der Waals surface area (Å²) in [5, 5.41) is 7.92. The van der Waals surface area contributed by atoms with Gasteiger partial charge in [-0.1, -0.05) is 28.1 Å². The fraction of sp³-hybridized carbons (Fsp3) is 0.438. The van der Waals surface area contributed by atoms with Crippen LogP contribution < -0.4 is 5.32 Å². The second-order valence-electron chi connectivity index (χ2n) is 5.65. The summed E-state index contributed by atoms with van der Waals surface area (Å²) in [7, 11) is 0. The molecule has 2 aromatic rings. The Bertz CT molecular complexity index is 555. The van der Waals surface area contributed by atoms with Crippen LogP contribution in [0.2, 0.25) is 0 Å². The lowest BCUT2D eigenvalue weighted by Crippen LogP contribution is -2.41. The van der Waals surface area contributed by atoms with E-state index in [-0.39, 0.29) is 0 Å². The van der Waals surface area contributed by atoms with Gasteiger partial charge < -0.3 is 5.32 Å². The molecule has 0 unspecified atom stereocenters. The topological polar surface area (TPSA) is 29.9 Å². The van der Waals surface area contributed by atoms with Gasteiger partial charge in [0.25, 0.3) is 0 Å². The number of halogens is 1. The van der Waals surface area contributed by atoms with Crippen molar-refractivity contribution in [3.63, 3.8) is 0 Å². The Kier molecular flexibility index (Phi) is 4.22. The van der Waals surface area contributed by atoms with Crippen molar-refractivity contribution in [3.05, 3.63) is 52.3 Å². The summed E-state index contributed by atoms with van der Waals surface area (Å²) in [5.74, 6) is 0.729. The SMILES string of the molecule is Cc1cnn(CCNC2CC(c3ccc(Br)cc3)C2)c1. The van der Waals surface area contributed by atoms with E-state index in [9.17, 15) is 0 Å². The van der Waals surface area contributed by atoms with Gasteiger partial charge >= 0.3 is 0 Å². The zero-order valence-electron chi connectivity index (χ0n) is 11.7. The van der Waals surface area contributed by atoms with Gasteiger partial charge in [0, 0.05) is 23.3 Å². The quantitative estimate of drug-likeness (QED) is 0.907. The summed E-state index contributed by atoms with van der Waals surface area (Å²) >= 11 is 3.48. The Balaban J connectivity index is 1.39. The van der Waals surface area contributed by atoms with Gasteiger partial charge in [-0.15, -0.1) is 0 Å². The first kappa shape index (κ1) is 13.8. The number of nitrogens with one attached hydrogen (secondary N) is 1. The number of rotatable bonds is 5. The fourth-order valence-corrected chi connectivity index (χ4v) is 3.03. The highest BCUT2D eigenvalue weighted by Crippen LogP contribution is 2.37. The van der Waals surface area contributed by atoms with Crippen molar-refractivity contribution in [2.75, 3.05) is 6.54 Å². The molecule has 0 bridgehead atoms. The highest BCUT2D eigenvalue weighted by Gasteiger charge is 2.29. The molecule has 0 atom stereocenters. The van der Waals surface area contributed by atoms with Crippen LogP contribution in [0.4, 0.5) is 0 Å². The summed E-state index contributed by atoms with van der Waals surface area (Å²) in [4.78, 5) is 0. The minimum Gasteiger partial charge on any atom is -0.312 e. The van der Waals surface area contributed by atoms with Crippen LogP contribution in [0, 0.1) is 6.92 Å². The molecule has 4 heteroatoms. The molecule has 0 saturated heterocycles. The molecular weight excluding hydrogens is 314 g/mol. The Labute approximate surface area is 128 Å². The molecule has 20 heavy (non-hydrogen) atoms. The molecule has 0 aliphatic heterocycles. The first-order valence-corrected chi connectivity index (χ1v) is 7.98. The van der Waals surface area contributed by atoms with Crippen molar-refractivity contribution in [3.8, 4) is 0 Å². The lowest BCUT2D eigenvalue weighted by molar-refractivity contribution is 0.286. The summed E-state index contributed by atoms with van der Waals surface area (Å²) in [6.45, 7) is 4.03. The molecule has 1 aromatic heterocycles. The van der Waals surface area contributed by atoms with Crippen LogP contribution in [0.3, 0.4) is 0 Å². The van der Waals surface area contributed by atoms with Crippen LogP contribution in [-0.4, -0.2) is 22.4 Å². The summed E-state index contributed by atoms with van der Waals surface area (Å²) < 4.78 is 3.16. The van der Waals surface area contributed by atoms with Crippen molar-refractivity contribution >= 4 is 15.9 Å². The second-order valence-corrected chi connectivity index (χ2v) is 6.57. The van der Waals surface area contributed by atoms with Gasteiger partial charge in [-0.05, 0) is 48.9 Å². The van der Waals surface area contributed by atoms with Crippen LogP contribution in [-0.2, 0) is 6.54 Å². The number of aryl methyl sites for hydroxylation is 1. The Morgan fingerprint density at radius 2 is 2.05 bits per heavy atom. The van der Waals surface area contributed by atoms with E-state index in [2.05, 4.69) is 63.7 Å². The van der Waals surface area contributed by atoms with E-state index in [0.29, 0.717) is 6.04 Å². The third-order valence-corrected chi connectivity index (χ3v) is 4.54. The molecule has 1 aliphatic rings. The maximum absolute atomic E-state index is 4.30. The molecule has 106 valence electrons. The van der Waals surface area contributed by atoms with Crippen molar-refractivity contribution in [2.24, 2.45) is 0 Å². The van der Waals surface area contributed by atoms with Crippen molar-refractivity contribution in [1.29, 1.82) is 0 Å². The molecule has 3 nitrogen and oxygen atoms in total. The van der Waals surface area contributed by atoms with Crippen LogP contribution in [0.5, 0.6) is 0 Å². The lowest BCUT2D eigenvalue weighted by Gasteiger charge is -2.36. The Hall–Kier alpha value is -1.13. The lowest BCUT2D eigenvalue weighted by atomic mass is 9.76. The number of benzene rings is 1. The number of hydrogen-bond donors (Lipinski definition) is 1. The van der Waals surface area contributed by atoms with Gasteiger partial charge in [0.05, 0.1) is 12.7 Å². The standard InChI is InChI=1S/C16H20BrN3/c1-12-10-19-20(11-12)7-6-18-16-8-14(9-16)13-2-4-15(17)5-3-13/h2-5,10-11,14,16,18H,6-9H2,1H3. The highest BCUT2D eigenvalue weighted by molar-refractivity contribution is 9.10. The Morgan fingerprint density at radius 1 is 1.30 bits per heavy atom. The number of hydrogen-bond acceptors (Lipinski definition) is 2. The van der Waals surface area contributed by atoms with Gasteiger partial charge in [0.15, 0.2) is 0 Å². The molecule has 1 fully saturated rings. The van der Waals surface area contributed by atoms with Crippen molar-refractivity contribution in [1.82, 2.24) is 15.1 Å². The zero-order chi connectivity index (χ0) is 13.9. The molecule has 0 spiro atoms. The smallest absolute Gasteiger partial charge is 0.0534 e. The monoisotopic (exact) mass is 333 g/mol. The van der Waals surface area contributed by atoms with Gasteiger partial charge in [0.2, 0.25) is 0 Å². The van der Waals surface area contributed by atoms with Crippen LogP contribution >= 0.6 is 15.9 Å². The van der Waals surface area contributed by atoms with E-state index in [4.69, 9.17) is 0 Å². The molecular formula is C16H20BrN3. The average molecular weight is 334 g/mol. The van der Waals surface area contributed by atoms with Gasteiger partial charge in [0.1, 0.15) is 0 Å².